The van der Waals surface area contributed by atoms with E-state index in [1.807, 2.05) is 27.7 Å². The highest BCUT2D eigenvalue weighted by Crippen LogP contribution is 2.59. The Bertz CT molecular complexity index is 1230. The van der Waals surface area contributed by atoms with Crippen molar-refractivity contribution < 1.29 is 29.2 Å². The van der Waals surface area contributed by atoms with Crippen molar-refractivity contribution in [2.75, 3.05) is 7.11 Å². The van der Waals surface area contributed by atoms with Crippen molar-refractivity contribution in [3.63, 3.8) is 0 Å². The molecule has 5 rings (SSSR count). The normalized spacial score (nSPS) is 41.4. The zero-order valence-corrected chi connectivity index (χ0v) is 28.7. The van der Waals surface area contributed by atoms with Gasteiger partial charge in [0.1, 0.15) is 11.9 Å². The summed E-state index contributed by atoms with van der Waals surface area (Å²) in [5.41, 5.74) is -0.325. The first-order chi connectivity index (χ1) is 20.4. The van der Waals surface area contributed by atoms with Gasteiger partial charge in [-0.2, -0.15) is 0 Å². The molecule has 2 N–H and O–H groups in total. The fourth-order valence-electron chi connectivity index (χ4n) is 10.2. The van der Waals surface area contributed by atoms with Gasteiger partial charge in [0, 0.05) is 0 Å². The predicted molar refractivity (Wildman–Crippen MR) is 174 cm³/mol. The summed E-state index contributed by atoms with van der Waals surface area (Å²) in [5.74, 6) is 1.57. The summed E-state index contributed by atoms with van der Waals surface area (Å²) >= 11 is 0. The van der Waals surface area contributed by atoms with Crippen LogP contribution in [-0.2, 0) is 9.47 Å². The van der Waals surface area contributed by atoms with Crippen LogP contribution in [0, 0.1) is 34.5 Å². The highest BCUT2D eigenvalue weighted by Gasteiger charge is 2.58. The summed E-state index contributed by atoms with van der Waals surface area (Å²) in [4.78, 5) is 13.2. The van der Waals surface area contributed by atoms with Crippen LogP contribution in [0.2, 0.25) is 0 Å². The number of hydrogen-bond donors (Lipinski definition) is 2. The van der Waals surface area contributed by atoms with Crippen LogP contribution in [0.1, 0.15) is 124 Å². The van der Waals surface area contributed by atoms with E-state index in [0.717, 1.165) is 44.9 Å². The van der Waals surface area contributed by atoms with Crippen molar-refractivity contribution in [1.82, 2.24) is 0 Å². The van der Waals surface area contributed by atoms with E-state index < -0.39 is 22.9 Å². The number of carbonyl (C=O) groups excluding carboxylic acids is 1. The molecule has 6 nitrogen and oxygen atoms in total. The SMILES string of the molecule is COc1ccc(C(=O)O[C@H]2CC[C@]3(C)[C@H](CC[C@@](C)(O)[C@H]3CC[C@@H]3C(C)=CC[C@H]4[C@H](CC[C@]4(C)O)C3(C)C)OC2(C)C)cc1. The van der Waals surface area contributed by atoms with Crippen LogP contribution >= 0.6 is 0 Å². The summed E-state index contributed by atoms with van der Waals surface area (Å²) < 4.78 is 18.3. The number of aliphatic hydroxyl groups is 2. The first kappa shape index (κ1) is 33.5. The number of rotatable bonds is 6. The third-order valence-corrected chi connectivity index (χ3v) is 13.0. The molecule has 3 aliphatic carbocycles. The minimum Gasteiger partial charge on any atom is -0.497 e. The lowest BCUT2D eigenvalue weighted by Crippen LogP contribution is -2.56. The second-order valence-corrected chi connectivity index (χ2v) is 16.6. The Morgan fingerprint density at radius 3 is 2.20 bits per heavy atom. The number of allylic oxidation sites excluding steroid dienone is 2. The van der Waals surface area contributed by atoms with E-state index in [1.165, 1.54) is 5.57 Å². The Hall–Kier alpha value is -1.89. The molecule has 1 aromatic carbocycles. The standard InChI is InChI=1S/C38H58O6/c1-24-10-15-29-28(18-22-37(29,7)40)34(2,3)27(24)16-17-30-36(6)21-19-31(35(4,5)44-32(36)20-23-38(30,8)41)43-33(39)25-11-13-26(42-9)14-12-25/h10-14,27-32,40-41H,15-23H2,1-9H3/t27-,28+,29+,30+,31+,32+,36+,37+,38-/m1/s1. The molecule has 0 spiro atoms. The summed E-state index contributed by atoms with van der Waals surface area (Å²) in [7, 11) is 1.61. The average molecular weight is 611 g/mol. The van der Waals surface area contributed by atoms with Gasteiger partial charge in [-0.25, -0.2) is 4.79 Å². The fraction of sp³-hybridized carbons (Fsp3) is 0.763. The smallest absolute Gasteiger partial charge is 0.338 e. The molecule has 4 aliphatic rings. The Morgan fingerprint density at radius 2 is 1.55 bits per heavy atom. The van der Waals surface area contributed by atoms with Gasteiger partial charge in [0.25, 0.3) is 0 Å². The Kier molecular flexibility index (Phi) is 8.92. The van der Waals surface area contributed by atoms with Crippen LogP contribution < -0.4 is 4.74 Å². The van der Waals surface area contributed by atoms with Crippen LogP contribution in [-0.4, -0.2) is 52.3 Å². The maximum Gasteiger partial charge on any atom is 0.338 e. The van der Waals surface area contributed by atoms with E-state index in [1.54, 1.807) is 31.4 Å². The van der Waals surface area contributed by atoms with E-state index in [9.17, 15) is 15.0 Å². The van der Waals surface area contributed by atoms with Gasteiger partial charge in [-0.1, -0.05) is 32.4 Å². The van der Waals surface area contributed by atoms with E-state index in [2.05, 4.69) is 33.8 Å². The number of methoxy groups -OCH3 is 1. The van der Waals surface area contributed by atoms with Gasteiger partial charge in [0.15, 0.2) is 0 Å². The number of hydrogen-bond acceptors (Lipinski definition) is 6. The van der Waals surface area contributed by atoms with E-state index >= 15 is 0 Å². The Balaban J connectivity index is 1.36. The molecular weight excluding hydrogens is 552 g/mol. The van der Waals surface area contributed by atoms with E-state index in [4.69, 9.17) is 14.2 Å². The molecule has 44 heavy (non-hydrogen) atoms. The molecule has 0 unspecified atom stereocenters. The number of carbonyl (C=O) groups is 1. The summed E-state index contributed by atoms with van der Waals surface area (Å²) in [6.45, 7) is 17.6. The number of ether oxygens (including phenoxy) is 3. The molecule has 2 saturated carbocycles. The zero-order chi connectivity index (χ0) is 32.3. The van der Waals surface area contributed by atoms with Gasteiger partial charge in [0.2, 0.25) is 0 Å². The second-order valence-electron chi connectivity index (χ2n) is 16.6. The molecule has 0 bridgehead atoms. The Labute approximate surface area is 265 Å². The lowest BCUT2D eigenvalue weighted by atomic mass is 9.55. The summed E-state index contributed by atoms with van der Waals surface area (Å²) in [5, 5.41) is 23.2. The molecule has 9 atom stereocenters. The van der Waals surface area contributed by atoms with Crippen LogP contribution in [0.4, 0.5) is 0 Å². The van der Waals surface area contributed by atoms with Crippen molar-refractivity contribution in [2.45, 2.75) is 142 Å². The van der Waals surface area contributed by atoms with Crippen molar-refractivity contribution in [1.29, 1.82) is 0 Å². The Morgan fingerprint density at radius 1 is 0.886 bits per heavy atom. The van der Waals surface area contributed by atoms with E-state index in [-0.39, 0.29) is 28.8 Å². The molecular formula is C38H58O6. The molecule has 0 amide bonds. The van der Waals surface area contributed by atoms with Crippen LogP contribution in [0.3, 0.4) is 0 Å². The minimum absolute atomic E-state index is 0.0273. The average Bonchev–Trinajstić information content (AvgIpc) is 3.16. The molecule has 0 aromatic heterocycles. The van der Waals surface area contributed by atoms with Crippen LogP contribution in [0.15, 0.2) is 35.9 Å². The van der Waals surface area contributed by atoms with Crippen molar-refractivity contribution in [3.05, 3.63) is 41.5 Å². The highest BCUT2D eigenvalue weighted by atomic mass is 16.6. The molecule has 6 heteroatoms. The largest absolute Gasteiger partial charge is 0.497 e. The number of benzene rings is 1. The first-order valence-electron chi connectivity index (χ1n) is 17.1. The van der Waals surface area contributed by atoms with Crippen molar-refractivity contribution in [3.8, 4) is 5.75 Å². The van der Waals surface area contributed by atoms with Gasteiger partial charge in [-0.3, -0.25) is 0 Å². The molecule has 1 aromatic rings. The number of esters is 1. The van der Waals surface area contributed by atoms with E-state index in [0.29, 0.717) is 41.9 Å². The maximum atomic E-state index is 13.2. The van der Waals surface area contributed by atoms with Gasteiger partial charge in [0.05, 0.1) is 35.6 Å². The maximum absolute atomic E-state index is 13.2. The monoisotopic (exact) mass is 610 g/mol. The third-order valence-electron chi connectivity index (χ3n) is 13.0. The van der Waals surface area contributed by atoms with Crippen molar-refractivity contribution >= 4 is 5.97 Å². The summed E-state index contributed by atoms with van der Waals surface area (Å²) in [6, 6.07) is 7.02. The predicted octanol–water partition coefficient (Wildman–Crippen LogP) is 7.90. The number of fused-ring (bicyclic) bond motifs is 2. The van der Waals surface area contributed by atoms with Crippen LogP contribution in [0.25, 0.3) is 0 Å². The van der Waals surface area contributed by atoms with Gasteiger partial charge in [-0.05, 0) is 151 Å². The lowest BCUT2D eigenvalue weighted by molar-refractivity contribution is -0.206. The molecule has 246 valence electrons. The molecule has 1 heterocycles. The lowest BCUT2D eigenvalue weighted by Gasteiger charge is -2.54. The molecule has 3 fully saturated rings. The zero-order valence-electron chi connectivity index (χ0n) is 28.7. The quantitative estimate of drug-likeness (QED) is 0.252. The third kappa shape index (κ3) is 6.00. The fourth-order valence-corrected chi connectivity index (χ4v) is 10.2. The first-order valence-corrected chi connectivity index (χ1v) is 17.1. The van der Waals surface area contributed by atoms with Gasteiger partial charge in [-0.15, -0.1) is 0 Å². The molecule has 1 aliphatic heterocycles. The highest BCUT2D eigenvalue weighted by molar-refractivity contribution is 5.89. The molecule has 0 radical (unpaired) electrons. The van der Waals surface area contributed by atoms with Gasteiger partial charge >= 0.3 is 5.97 Å². The van der Waals surface area contributed by atoms with Gasteiger partial charge < -0.3 is 24.4 Å². The minimum atomic E-state index is -0.801. The summed E-state index contributed by atoms with van der Waals surface area (Å²) in [6.07, 6.45) is 9.77. The second kappa shape index (κ2) is 11.7. The molecule has 1 saturated heterocycles. The topological polar surface area (TPSA) is 85.2 Å². The van der Waals surface area contributed by atoms with Crippen molar-refractivity contribution in [2.24, 2.45) is 34.5 Å². The van der Waals surface area contributed by atoms with Crippen LogP contribution in [0.5, 0.6) is 5.75 Å².